The Labute approximate surface area is 163 Å². The van der Waals surface area contributed by atoms with Crippen LogP contribution in [0.5, 0.6) is 11.5 Å². The second-order valence-corrected chi connectivity index (χ2v) is 6.19. The van der Waals surface area contributed by atoms with Gasteiger partial charge in [0.25, 0.3) is 5.91 Å². The van der Waals surface area contributed by atoms with E-state index in [4.69, 9.17) is 9.47 Å². The van der Waals surface area contributed by atoms with Crippen LogP contribution >= 0.6 is 0 Å². The van der Waals surface area contributed by atoms with E-state index in [1.54, 1.807) is 25.3 Å². The maximum Gasteiger partial charge on any atom is 0.258 e. The van der Waals surface area contributed by atoms with Gasteiger partial charge in [0.2, 0.25) is 5.95 Å². The van der Waals surface area contributed by atoms with Crippen molar-refractivity contribution in [3.05, 3.63) is 65.5 Å². The number of hydrogen-bond donors (Lipinski definition) is 2. The number of aryl methyl sites for hydroxylation is 1. The Morgan fingerprint density at radius 2 is 1.71 bits per heavy atom. The lowest BCUT2D eigenvalue weighted by Gasteiger charge is -2.12. The molecule has 1 amide bonds. The van der Waals surface area contributed by atoms with E-state index in [9.17, 15) is 4.79 Å². The Morgan fingerprint density at radius 1 is 0.964 bits per heavy atom. The van der Waals surface area contributed by atoms with Gasteiger partial charge in [0.05, 0.1) is 25.5 Å². The molecular formula is C21H22N4O3. The molecule has 1 heterocycles. The number of methoxy groups -OCH3 is 2. The van der Waals surface area contributed by atoms with Crippen LogP contribution in [0.25, 0.3) is 0 Å². The van der Waals surface area contributed by atoms with E-state index in [2.05, 4.69) is 20.6 Å². The number of amides is 1. The Balaban J connectivity index is 1.75. The van der Waals surface area contributed by atoms with E-state index >= 15 is 0 Å². The molecule has 0 aliphatic carbocycles. The third kappa shape index (κ3) is 4.20. The molecule has 0 spiro atoms. The Kier molecular flexibility index (Phi) is 5.74. The summed E-state index contributed by atoms with van der Waals surface area (Å²) in [5, 5.41) is 5.97. The number of benzene rings is 2. The van der Waals surface area contributed by atoms with Gasteiger partial charge in [0.15, 0.2) is 0 Å². The number of carbonyl (C=O) groups excluding carboxylic acids is 1. The van der Waals surface area contributed by atoms with Crippen LogP contribution < -0.4 is 20.1 Å². The zero-order chi connectivity index (χ0) is 20.1. The van der Waals surface area contributed by atoms with Crippen LogP contribution in [0, 0.1) is 13.8 Å². The molecule has 3 aromatic rings. The average Bonchev–Trinajstić information content (AvgIpc) is 2.71. The Hall–Kier alpha value is -3.61. The molecule has 0 unspecified atom stereocenters. The number of anilines is 3. The summed E-state index contributed by atoms with van der Waals surface area (Å²) in [6.45, 7) is 4.07. The minimum Gasteiger partial charge on any atom is -0.497 e. The summed E-state index contributed by atoms with van der Waals surface area (Å²) in [7, 11) is 3.09. The first-order chi connectivity index (χ1) is 13.5. The predicted molar refractivity (Wildman–Crippen MR) is 109 cm³/mol. The van der Waals surface area contributed by atoms with Gasteiger partial charge in [0, 0.05) is 24.1 Å². The summed E-state index contributed by atoms with van der Waals surface area (Å²) >= 11 is 0. The highest BCUT2D eigenvalue weighted by atomic mass is 16.5. The Morgan fingerprint density at radius 3 is 2.39 bits per heavy atom. The molecule has 7 heteroatoms. The first-order valence-electron chi connectivity index (χ1n) is 8.70. The molecule has 2 aromatic carbocycles. The predicted octanol–water partition coefficient (Wildman–Crippen LogP) is 4.11. The van der Waals surface area contributed by atoms with Crippen LogP contribution in [-0.4, -0.2) is 30.1 Å². The molecule has 7 nitrogen and oxygen atoms in total. The summed E-state index contributed by atoms with van der Waals surface area (Å²) in [4.78, 5) is 21.0. The molecule has 0 fully saturated rings. The fraction of sp³-hybridized carbons (Fsp3) is 0.190. The van der Waals surface area contributed by atoms with Gasteiger partial charge in [-0.3, -0.25) is 4.79 Å². The highest BCUT2D eigenvalue weighted by Crippen LogP contribution is 2.29. The minimum absolute atomic E-state index is 0.330. The number of rotatable bonds is 6. The highest BCUT2D eigenvalue weighted by Gasteiger charge is 2.12. The standard InChI is InChI=1S/C21H22N4O3/c1-13-6-5-7-17(14(13)2)25-21-22-11-15(12-23-21)20(26)24-18-10-16(27-3)8-9-19(18)28-4/h5-12H,1-4H3,(H,24,26)(H,22,23,25). The van der Waals surface area contributed by atoms with Crippen LogP contribution in [0.15, 0.2) is 48.8 Å². The molecule has 0 aliphatic rings. The van der Waals surface area contributed by atoms with Gasteiger partial charge < -0.3 is 20.1 Å². The molecule has 0 bridgehead atoms. The molecule has 0 saturated carbocycles. The second-order valence-electron chi connectivity index (χ2n) is 6.19. The zero-order valence-electron chi connectivity index (χ0n) is 16.2. The Bertz CT molecular complexity index is 987. The van der Waals surface area contributed by atoms with Crippen molar-refractivity contribution in [1.29, 1.82) is 0 Å². The zero-order valence-corrected chi connectivity index (χ0v) is 16.2. The summed E-state index contributed by atoms with van der Waals surface area (Å²) in [6.07, 6.45) is 2.95. The van der Waals surface area contributed by atoms with Crippen molar-refractivity contribution in [1.82, 2.24) is 9.97 Å². The van der Waals surface area contributed by atoms with Crippen LogP contribution in [0.2, 0.25) is 0 Å². The molecule has 28 heavy (non-hydrogen) atoms. The van der Waals surface area contributed by atoms with Crippen molar-refractivity contribution in [2.75, 3.05) is 24.9 Å². The van der Waals surface area contributed by atoms with E-state index in [1.165, 1.54) is 25.1 Å². The van der Waals surface area contributed by atoms with Crippen LogP contribution in [-0.2, 0) is 0 Å². The number of hydrogen-bond acceptors (Lipinski definition) is 6. The monoisotopic (exact) mass is 378 g/mol. The maximum atomic E-state index is 12.5. The molecule has 3 rings (SSSR count). The first-order valence-corrected chi connectivity index (χ1v) is 8.70. The van der Waals surface area contributed by atoms with Gasteiger partial charge in [-0.05, 0) is 43.2 Å². The number of ether oxygens (including phenoxy) is 2. The summed E-state index contributed by atoms with van der Waals surface area (Å²) in [5.41, 5.74) is 4.06. The van der Waals surface area contributed by atoms with E-state index in [-0.39, 0.29) is 5.91 Å². The highest BCUT2D eigenvalue weighted by molar-refractivity contribution is 6.04. The van der Waals surface area contributed by atoms with Gasteiger partial charge in [-0.15, -0.1) is 0 Å². The summed E-state index contributed by atoms with van der Waals surface area (Å²) in [5.74, 6) is 1.22. The number of carbonyl (C=O) groups is 1. The van der Waals surface area contributed by atoms with Crippen LogP contribution in [0.1, 0.15) is 21.5 Å². The SMILES string of the molecule is COc1ccc(OC)c(NC(=O)c2cnc(Nc3cccc(C)c3C)nc2)c1. The topological polar surface area (TPSA) is 85.4 Å². The van der Waals surface area contributed by atoms with Crippen molar-refractivity contribution >= 4 is 23.2 Å². The van der Waals surface area contributed by atoms with Crippen molar-refractivity contribution in [2.45, 2.75) is 13.8 Å². The molecule has 2 N–H and O–H groups in total. The van der Waals surface area contributed by atoms with E-state index < -0.39 is 0 Å². The lowest BCUT2D eigenvalue weighted by atomic mass is 10.1. The molecule has 1 aromatic heterocycles. The fourth-order valence-electron chi connectivity index (χ4n) is 2.62. The maximum absolute atomic E-state index is 12.5. The summed E-state index contributed by atoms with van der Waals surface area (Å²) in [6, 6.07) is 11.1. The molecule has 0 saturated heterocycles. The van der Waals surface area contributed by atoms with E-state index in [0.29, 0.717) is 28.7 Å². The molecule has 144 valence electrons. The van der Waals surface area contributed by atoms with Gasteiger partial charge in [-0.2, -0.15) is 0 Å². The lowest BCUT2D eigenvalue weighted by Crippen LogP contribution is -2.14. The lowest BCUT2D eigenvalue weighted by molar-refractivity contribution is 0.102. The van der Waals surface area contributed by atoms with Gasteiger partial charge in [0.1, 0.15) is 11.5 Å². The van der Waals surface area contributed by atoms with Crippen molar-refractivity contribution < 1.29 is 14.3 Å². The third-order valence-corrected chi connectivity index (χ3v) is 4.42. The fourth-order valence-corrected chi connectivity index (χ4v) is 2.62. The number of nitrogens with zero attached hydrogens (tertiary/aromatic N) is 2. The normalized spacial score (nSPS) is 10.3. The molecule has 0 radical (unpaired) electrons. The third-order valence-electron chi connectivity index (χ3n) is 4.42. The van der Waals surface area contributed by atoms with Crippen LogP contribution in [0.3, 0.4) is 0 Å². The van der Waals surface area contributed by atoms with Crippen molar-refractivity contribution in [2.24, 2.45) is 0 Å². The van der Waals surface area contributed by atoms with Crippen molar-refractivity contribution in [3.8, 4) is 11.5 Å². The molecular weight excluding hydrogens is 356 g/mol. The largest absolute Gasteiger partial charge is 0.497 e. The first kappa shape index (κ1) is 19.2. The van der Waals surface area contributed by atoms with E-state index in [0.717, 1.165) is 11.3 Å². The quantitative estimate of drug-likeness (QED) is 0.671. The van der Waals surface area contributed by atoms with Crippen LogP contribution in [0.4, 0.5) is 17.3 Å². The number of aromatic nitrogens is 2. The minimum atomic E-state index is -0.343. The molecule has 0 aliphatic heterocycles. The number of nitrogens with one attached hydrogen (secondary N) is 2. The molecule has 0 atom stereocenters. The van der Waals surface area contributed by atoms with Crippen molar-refractivity contribution in [3.63, 3.8) is 0 Å². The van der Waals surface area contributed by atoms with E-state index in [1.807, 2.05) is 32.0 Å². The van der Waals surface area contributed by atoms with Gasteiger partial charge in [-0.25, -0.2) is 9.97 Å². The van der Waals surface area contributed by atoms with Gasteiger partial charge >= 0.3 is 0 Å². The smallest absolute Gasteiger partial charge is 0.258 e. The summed E-state index contributed by atoms with van der Waals surface area (Å²) < 4.78 is 10.5. The second kappa shape index (κ2) is 8.39. The van der Waals surface area contributed by atoms with Gasteiger partial charge in [-0.1, -0.05) is 12.1 Å². The average molecular weight is 378 g/mol.